The van der Waals surface area contributed by atoms with Gasteiger partial charge in [0.15, 0.2) is 0 Å². The van der Waals surface area contributed by atoms with Gasteiger partial charge in [-0.2, -0.15) is 0 Å². The molecule has 1 atom stereocenters. The van der Waals surface area contributed by atoms with E-state index in [0.29, 0.717) is 0 Å². The highest BCUT2D eigenvalue weighted by Crippen LogP contribution is 2.23. The van der Waals surface area contributed by atoms with E-state index in [1.165, 1.54) is 16.0 Å². The molecule has 0 aliphatic rings. The molecule has 2 N–H and O–H groups in total. The van der Waals surface area contributed by atoms with E-state index in [1.807, 2.05) is 6.07 Å². The number of rotatable bonds is 2. The molecule has 1 nitrogen and oxygen atoms in total. The van der Waals surface area contributed by atoms with Crippen molar-refractivity contribution < 1.29 is 0 Å². The Morgan fingerprint density at radius 1 is 1.21 bits per heavy atom. The Balaban J connectivity index is 2.32. The summed E-state index contributed by atoms with van der Waals surface area (Å²) in [7, 11) is 0. The van der Waals surface area contributed by atoms with Gasteiger partial charge in [-0.1, -0.05) is 35.9 Å². The molecule has 2 heteroatoms. The molecule has 0 fully saturated rings. The van der Waals surface area contributed by atoms with Crippen molar-refractivity contribution in [2.75, 3.05) is 0 Å². The van der Waals surface area contributed by atoms with Crippen molar-refractivity contribution in [3.8, 4) is 0 Å². The molecule has 1 aromatic heterocycles. The van der Waals surface area contributed by atoms with E-state index >= 15 is 0 Å². The molecule has 0 spiro atoms. The topological polar surface area (TPSA) is 26.0 Å². The van der Waals surface area contributed by atoms with E-state index in [0.717, 1.165) is 0 Å². The van der Waals surface area contributed by atoms with Crippen molar-refractivity contribution in [1.82, 2.24) is 0 Å². The van der Waals surface area contributed by atoms with E-state index in [2.05, 4.69) is 42.6 Å². The van der Waals surface area contributed by atoms with Crippen LogP contribution in [0.1, 0.15) is 22.0 Å². The summed E-state index contributed by atoms with van der Waals surface area (Å²) < 4.78 is 0. The number of hydrogen-bond acceptors (Lipinski definition) is 2. The fraction of sp³-hybridized carbons (Fsp3) is 0.167. The Hall–Kier alpha value is -1.12. The molecular formula is C12H13NS. The maximum absolute atomic E-state index is 6.14. The lowest BCUT2D eigenvalue weighted by atomic mass is 10.0. The SMILES string of the molecule is Cc1cccc([C@H](N)c2cccs2)c1. The molecule has 0 aliphatic heterocycles. The quantitative estimate of drug-likeness (QED) is 0.797. The highest BCUT2D eigenvalue weighted by atomic mass is 32.1. The van der Waals surface area contributed by atoms with Gasteiger partial charge in [0, 0.05) is 4.88 Å². The summed E-state index contributed by atoms with van der Waals surface area (Å²) in [4.78, 5) is 1.22. The van der Waals surface area contributed by atoms with Crippen LogP contribution in [0, 0.1) is 6.92 Å². The van der Waals surface area contributed by atoms with Gasteiger partial charge in [0.05, 0.1) is 6.04 Å². The Morgan fingerprint density at radius 3 is 2.71 bits per heavy atom. The van der Waals surface area contributed by atoms with Crippen LogP contribution in [0.2, 0.25) is 0 Å². The monoisotopic (exact) mass is 203 g/mol. The average Bonchev–Trinajstić information content (AvgIpc) is 2.69. The molecule has 14 heavy (non-hydrogen) atoms. The molecule has 0 saturated carbocycles. The third kappa shape index (κ3) is 1.86. The Bertz CT molecular complexity index is 406. The summed E-state index contributed by atoms with van der Waals surface area (Å²) in [5.74, 6) is 0. The lowest BCUT2D eigenvalue weighted by Gasteiger charge is -2.10. The second kappa shape index (κ2) is 3.95. The fourth-order valence-corrected chi connectivity index (χ4v) is 2.25. The number of thiophene rings is 1. The number of nitrogens with two attached hydrogens (primary N) is 1. The van der Waals surface area contributed by atoms with Gasteiger partial charge in [-0.3, -0.25) is 0 Å². The van der Waals surface area contributed by atoms with Gasteiger partial charge in [-0.05, 0) is 23.9 Å². The summed E-state index contributed by atoms with van der Waals surface area (Å²) in [5, 5.41) is 2.06. The zero-order valence-corrected chi connectivity index (χ0v) is 8.92. The van der Waals surface area contributed by atoms with E-state index in [9.17, 15) is 0 Å². The van der Waals surface area contributed by atoms with Crippen LogP contribution in [-0.4, -0.2) is 0 Å². The first-order valence-corrected chi connectivity index (χ1v) is 5.51. The molecule has 0 aliphatic carbocycles. The van der Waals surface area contributed by atoms with E-state index in [-0.39, 0.29) is 6.04 Å². The average molecular weight is 203 g/mol. The molecule has 72 valence electrons. The van der Waals surface area contributed by atoms with Gasteiger partial charge in [0.2, 0.25) is 0 Å². The summed E-state index contributed by atoms with van der Waals surface area (Å²) in [6.45, 7) is 2.09. The Morgan fingerprint density at radius 2 is 2.07 bits per heavy atom. The van der Waals surface area contributed by atoms with Gasteiger partial charge < -0.3 is 5.73 Å². The molecule has 0 unspecified atom stereocenters. The first-order valence-electron chi connectivity index (χ1n) is 4.63. The molecule has 0 saturated heterocycles. The van der Waals surface area contributed by atoms with Gasteiger partial charge in [0.25, 0.3) is 0 Å². The summed E-state index contributed by atoms with van der Waals surface area (Å²) in [5.41, 5.74) is 8.59. The maximum atomic E-state index is 6.14. The number of aryl methyl sites for hydroxylation is 1. The maximum Gasteiger partial charge on any atom is 0.0646 e. The molecule has 1 aromatic carbocycles. The van der Waals surface area contributed by atoms with Crippen molar-refractivity contribution >= 4 is 11.3 Å². The second-order valence-corrected chi connectivity index (χ2v) is 4.39. The molecule has 2 rings (SSSR count). The molecule has 1 heterocycles. The Labute approximate surface area is 88.2 Å². The largest absolute Gasteiger partial charge is 0.320 e. The third-order valence-electron chi connectivity index (χ3n) is 2.25. The highest BCUT2D eigenvalue weighted by molar-refractivity contribution is 7.10. The minimum absolute atomic E-state index is 0.0231. The first kappa shape index (κ1) is 9.44. The third-order valence-corrected chi connectivity index (χ3v) is 3.21. The van der Waals surface area contributed by atoms with Crippen LogP contribution < -0.4 is 5.73 Å². The van der Waals surface area contributed by atoms with E-state index in [4.69, 9.17) is 5.73 Å². The zero-order chi connectivity index (χ0) is 9.97. The predicted molar refractivity (Wildman–Crippen MR) is 61.5 cm³/mol. The van der Waals surface area contributed by atoms with Gasteiger partial charge in [-0.25, -0.2) is 0 Å². The summed E-state index contributed by atoms with van der Waals surface area (Å²) in [6.07, 6.45) is 0. The van der Waals surface area contributed by atoms with Crippen molar-refractivity contribution in [2.45, 2.75) is 13.0 Å². The lowest BCUT2D eigenvalue weighted by molar-refractivity contribution is 0.891. The normalized spacial score (nSPS) is 12.7. The molecular weight excluding hydrogens is 190 g/mol. The minimum Gasteiger partial charge on any atom is -0.320 e. The highest BCUT2D eigenvalue weighted by Gasteiger charge is 2.08. The van der Waals surface area contributed by atoms with Crippen LogP contribution in [-0.2, 0) is 0 Å². The van der Waals surface area contributed by atoms with Crippen molar-refractivity contribution in [1.29, 1.82) is 0 Å². The fourth-order valence-electron chi connectivity index (χ4n) is 1.50. The standard InChI is InChI=1S/C12H13NS/c1-9-4-2-5-10(8-9)12(13)11-6-3-7-14-11/h2-8,12H,13H2,1H3/t12-/m0/s1. The molecule has 0 radical (unpaired) electrons. The molecule has 0 bridgehead atoms. The van der Waals surface area contributed by atoms with Crippen LogP contribution in [0.4, 0.5) is 0 Å². The summed E-state index contributed by atoms with van der Waals surface area (Å²) in [6, 6.07) is 12.5. The zero-order valence-electron chi connectivity index (χ0n) is 8.10. The van der Waals surface area contributed by atoms with Gasteiger partial charge in [-0.15, -0.1) is 11.3 Å². The number of hydrogen-bond donors (Lipinski definition) is 1. The van der Waals surface area contributed by atoms with Crippen LogP contribution in [0.25, 0.3) is 0 Å². The van der Waals surface area contributed by atoms with Crippen LogP contribution >= 0.6 is 11.3 Å². The predicted octanol–water partition coefficient (Wildman–Crippen LogP) is 3.10. The molecule has 0 amide bonds. The first-order chi connectivity index (χ1) is 6.77. The second-order valence-electron chi connectivity index (χ2n) is 3.41. The lowest BCUT2D eigenvalue weighted by Crippen LogP contribution is -2.09. The van der Waals surface area contributed by atoms with Crippen LogP contribution in [0.15, 0.2) is 41.8 Å². The van der Waals surface area contributed by atoms with Crippen molar-refractivity contribution in [3.63, 3.8) is 0 Å². The smallest absolute Gasteiger partial charge is 0.0646 e. The Kier molecular flexibility index (Phi) is 2.66. The van der Waals surface area contributed by atoms with Gasteiger partial charge >= 0.3 is 0 Å². The van der Waals surface area contributed by atoms with Crippen LogP contribution in [0.5, 0.6) is 0 Å². The van der Waals surface area contributed by atoms with E-state index in [1.54, 1.807) is 11.3 Å². The number of benzene rings is 1. The van der Waals surface area contributed by atoms with Crippen LogP contribution in [0.3, 0.4) is 0 Å². The molecule has 2 aromatic rings. The van der Waals surface area contributed by atoms with E-state index < -0.39 is 0 Å². The summed E-state index contributed by atoms with van der Waals surface area (Å²) >= 11 is 1.71. The minimum atomic E-state index is 0.0231. The van der Waals surface area contributed by atoms with Gasteiger partial charge in [0.1, 0.15) is 0 Å². The van der Waals surface area contributed by atoms with Crippen molar-refractivity contribution in [2.24, 2.45) is 5.73 Å². The van der Waals surface area contributed by atoms with Crippen molar-refractivity contribution in [3.05, 3.63) is 57.8 Å².